The molecule has 2 aliphatic rings. The molecule has 1 aromatic rings. The van der Waals surface area contributed by atoms with Gasteiger partial charge < -0.3 is 15.0 Å². The van der Waals surface area contributed by atoms with Crippen LogP contribution in [0, 0.1) is 5.92 Å². The Bertz CT molecular complexity index is 797. The maximum atomic E-state index is 12.7. The van der Waals surface area contributed by atoms with Crippen LogP contribution in [0.25, 0.3) is 0 Å². The summed E-state index contributed by atoms with van der Waals surface area (Å²) in [5.41, 5.74) is -0.393. The van der Waals surface area contributed by atoms with Gasteiger partial charge in [-0.1, -0.05) is 12.1 Å². The summed E-state index contributed by atoms with van der Waals surface area (Å²) >= 11 is 0. The lowest BCUT2D eigenvalue weighted by Crippen LogP contribution is -2.50. The van der Waals surface area contributed by atoms with Gasteiger partial charge >= 0.3 is 12.3 Å². The van der Waals surface area contributed by atoms with E-state index >= 15 is 0 Å². The molecule has 1 saturated carbocycles. The standard InChI is InChI=1S/C23H32F3N3O3/c1-22(2,3)32-21(31)29-13-11-28(12-14-29)10-4-9-27-20(30)19-15-18(19)16-5-7-17(8-6-16)23(24,25)26/h5-8,18-19H,4,9-15H2,1-3H3,(H,27,30). The average Bonchev–Trinajstić information content (AvgIpc) is 3.51. The second-order valence-corrected chi connectivity index (χ2v) is 9.52. The van der Waals surface area contributed by atoms with Crippen molar-refractivity contribution in [3.63, 3.8) is 0 Å². The highest BCUT2D eigenvalue weighted by molar-refractivity contribution is 5.82. The van der Waals surface area contributed by atoms with E-state index in [1.165, 1.54) is 12.1 Å². The molecule has 178 valence electrons. The molecule has 6 nitrogen and oxygen atoms in total. The number of carbonyl (C=O) groups excluding carboxylic acids is 2. The van der Waals surface area contributed by atoms with Gasteiger partial charge in [-0.05, 0) is 63.8 Å². The van der Waals surface area contributed by atoms with E-state index in [0.717, 1.165) is 43.8 Å². The van der Waals surface area contributed by atoms with Gasteiger partial charge in [-0.3, -0.25) is 9.69 Å². The van der Waals surface area contributed by atoms with Gasteiger partial charge in [0.15, 0.2) is 0 Å². The van der Waals surface area contributed by atoms with Gasteiger partial charge in [-0.25, -0.2) is 4.79 Å². The first-order valence-corrected chi connectivity index (χ1v) is 11.1. The Morgan fingerprint density at radius 1 is 1.06 bits per heavy atom. The molecule has 1 saturated heterocycles. The number of piperazine rings is 1. The molecule has 0 bridgehead atoms. The summed E-state index contributed by atoms with van der Waals surface area (Å²) in [6, 6.07) is 5.09. The second-order valence-electron chi connectivity index (χ2n) is 9.52. The highest BCUT2D eigenvalue weighted by Crippen LogP contribution is 2.47. The average molecular weight is 456 g/mol. The molecular formula is C23H32F3N3O3. The number of alkyl halides is 3. The van der Waals surface area contributed by atoms with Crippen molar-refractivity contribution >= 4 is 12.0 Å². The number of hydrogen-bond acceptors (Lipinski definition) is 4. The highest BCUT2D eigenvalue weighted by atomic mass is 19.4. The van der Waals surface area contributed by atoms with Gasteiger partial charge in [0.05, 0.1) is 5.56 Å². The first-order valence-electron chi connectivity index (χ1n) is 11.1. The van der Waals surface area contributed by atoms with Crippen LogP contribution in [0.3, 0.4) is 0 Å². The van der Waals surface area contributed by atoms with Gasteiger partial charge in [0, 0.05) is 38.6 Å². The number of nitrogens with one attached hydrogen (secondary N) is 1. The molecule has 9 heteroatoms. The van der Waals surface area contributed by atoms with Crippen LogP contribution in [0.1, 0.15) is 50.7 Å². The third-order valence-electron chi connectivity index (χ3n) is 5.77. The van der Waals surface area contributed by atoms with E-state index in [9.17, 15) is 22.8 Å². The van der Waals surface area contributed by atoms with Gasteiger partial charge in [-0.15, -0.1) is 0 Å². The molecule has 0 aromatic heterocycles. The molecule has 2 fully saturated rings. The Kier molecular flexibility index (Phi) is 7.37. The maximum Gasteiger partial charge on any atom is 0.416 e. The van der Waals surface area contributed by atoms with Gasteiger partial charge in [0.1, 0.15) is 5.60 Å². The minimum absolute atomic E-state index is 0.00165. The van der Waals surface area contributed by atoms with Crippen molar-refractivity contribution in [1.29, 1.82) is 0 Å². The minimum Gasteiger partial charge on any atom is -0.444 e. The van der Waals surface area contributed by atoms with Gasteiger partial charge in [-0.2, -0.15) is 13.2 Å². The summed E-state index contributed by atoms with van der Waals surface area (Å²) in [7, 11) is 0. The number of carbonyl (C=O) groups is 2. The summed E-state index contributed by atoms with van der Waals surface area (Å²) in [4.78, 5) is 28.4. The van der Waals surface area contributed by atoms with Crippen LogP contribution in [-0.2, 0) is 15.7 Å². The molecule has 1 aliphatic heterocycles. The van der Waals surface area contributed by atoms with Crippen LogP contribution in [0.5, 0.6) is 0 Å². The van der Waals surface area contributed by atoms with Crippen LogP contribution < -0.4 is 5.32 Å². The van der Waals surface area contributed by atoms with Crippen molar-refractivity contribution < 1.29 is 27.5 Å². The van der Waals surface area contributed by atoms with Crippen LogP contribution in [-0.4, -0.2) is 66.7 Å². The predicted octanol–water partition coefficient (Wildman–Crippen LogP) is 3.87. The van der Waals surface area contributed by atoms with E-state index in [1.54, 1.807) is 4.90 Å². The fourth-order valence-corrected chi connectivity index (χ4v) is 3.90. The lowest BCUT2D eigenvalue weighted by molar-refractivity contribution is -0.137. The fraction of sp³-hybridized carbons (Fsp3) is 0.652. The molecule has 2 atom stereocenters. The number of ether oxygens (including phenoxy) is 1. The molecule has 1 N–H and O–H groups in total. The second kappa shape index (κ2) is 9.68. The zero-order chi connectivity index (χ0) is 23.5. The van der Waals surface area contributed by atoms with Crippen LogP contribution in [0.2, 0.25) is 0 Å². The third kappa shape index (κ3) is 6.85. The van der Waals surface area contributed by atoms with Crippen molar-refractivity contribution in [1.82, 2.24) is 15.1 Å². The topological polar surface area (TPSA) is 61.9 Å². The summed E-state index contributed by atoms with van der Waals surface area (Å²) < 4.78 is 43.4. The quantitative estimate of drug-likeness (QED) is 0.662. The Morgan fingerprint density at radius 3 is 2.25 bits per heavy atom. The van der Waals surface area contributed by atoms with Crippen molar-refractivity contribution in [2.45, 2.75) is 51.3 Å². The molecule has 1 heterocycles. The Labute approximate surface area is 187 Å². The lowest BCUT2D eigenvalue weighted by Gasteiger charge is -2.35. The molecule has 0 radical (unpaired) electrons. The largest absolute Gasteiger partial charge is 0.444 e. The predicted molar refractivity (Wildman–Crippen MR) is 114 cm³/mol. The zero-order valence-corrected chi connectivity index (χ0v) is 18.9. The van der Waals surface area contributed by atoms with Crippen molar-refractivity contribution in [2.24, 2.45) is 5.92 Å². The molecule has 0 spiro atoms. The number of rotatable bonds is 6. The van der Waals surface area contributed by atoms with E-state index < -0.39 is 17.3 Å². The van der Waals surface area contributed by atoms with Crippen LogP contribution in [0.15, 0.2) is 24.3 Å². The molecule has 1 aromatic carbocycles. The molecule has 1 aliphatic carbocycles. The first kappa shape index (κ1) is 24.4. The van der Waals surface area contributed by atoms with E-state index in [2.05, 4.69) is 10.2 Å². The fourth-order valence-electron chi connectivity index (χ4n) is 3.90. The summed E-state index contributed by atoms with van der Waals surface area (Å²) in [5.74, 6) is -0.202. The normalized spacial score (nSPS) is 21.9. The Morgan fingerprint density at radius 2 is 1.69 bits per heavy atom. The molecule has 2 amide bonds. The van der Waals surface area contributed by atoms with Gasteiger partial charge in [0.25, 0.3) is 0 Å². The van der Waals surface area contributed by atoms with Crippen LogP contribution >= 0.6 is 0 Å². The highest BCUT2D eigenvalue weighted by Gasteiger charge is 2.44. The summed E-state index contributed by atoms with van der Waals surface area (Å²) in [6.07, 6.45) is -3.16. The van der Waals surface area contributed by atoms with Gasteiger partial charge in [0.2, 0.25) is 5.91 Å². The lowest BCUT2D eigenvalue weighted by atomic mass is 10.1. The Balaban J connectivity index is 1.31. The first-order chi connectivity index (χ1) is 14.9. The van der Waals surface area contributed by atoms with Crippen molar-refractivity contribution in [3.8, 4) is 0 Å². The van der Waals surface area contributed by atoms with E-state index in [-0.39, 0.29) is 23.8 Å². The number of amides is 2. The van der Waals surface area contributed by atoms with E-state index in [0.29, 0.717) is 26.1 Å². The molecule has 3 rings (SSSR count). The minimum atomic E-state index is -4.35. The zero-order valence-electron chi connectivity index (χ0n) is 18.9. The smallest absolute Gasteiger partial charge is 0.416 e. The summed E-state index contributed by atoms with van der Waals surface area (Å²) in [6.45, 7) is 9.72. The molecule has 2 unspecified atom stereocenters. The van der Waals surface area contributed by atoms with Crippen molar-refractivity contribution in [2.75, 3.05) is 39.3 Å². The van der Waals surface area contributed by atoms with E-state index in [4.69, 9.17) is 4.74 Å². The number of hydrogen-bond donors (Lipinski definition) is 1. The monoisotopic (exact) mass is 455 g/mol. The number of halogens is 3. The van der Waals surface area contributed by atoms with Crippen molar-refractivity contribution in [3.05, 3.63) is 35.4 Å². The molecule has 32 heavy (non-hydrogen) atoms. The van der Waals surface area contributed by atoms with E-state index in [1.807, 2.05) is 20.8 Å². The summed E-state index contributed by atoms with van der Waals surface area (Å²) in [5, 5.41) is 2.94. The third-order valence-corrected chi connectivity index (χ3v) is 5.77. The Hall–Kier alpha value is -2.29. The number of nitrogens with zero attached hydrogens (tertiary/aromatic N) is 2. The SMILES string of the molecule is CC(C)(C)OC(=O)N1CCN(CCCNC(=O)C2CC2c2ccc(C(F)(F)F)cc2)CC1. The number of benzene rings is 1. The maximum absolute atomic E-state index is 12.7. The molecular weight excluding hydrogens is 423 g/mol. The van der Waals surface area contributed by atoms with Crippen LogP contribution in [0.4, 0.5) is 18.0 Å².